The van der Waals surface area contributed by atoms with Crippen LogP contribution in [0.5, 0.6) is 0 Å². The molecule has 4 nitrogen and oxygen atoms in total. The van der Waals surface area contributed by atoms with Crippen molar-refractivity contribution < 1.29 is 13.0 Å². The van der Waals surface area contributed by atoms with E-state index in [0.29, 0.717) is 33.9 Å². The molecule has 2 radical (unpaired) electrons. The van der Waals surface area contributed by atoms with Crippen molar-refractivity contribution >= 4 is 35.0 Å². The van der Waals surface area contributed by atoms with Crippen LogP contribution in [0.25, 0.3) is 0 Å². The molecule has 0 aliphatic carbocycles. The van der Waals surface area contributed by atoms with E-state index >= 15 is 0 Å². The normalized spacial score (nSPS) is 31.6. The first-order chi connectivity index (χ1) is 12.8. The monoisotopic (exact) mass is 459 g/mol. The van der Waals surface area contributed by atoms with Gasteiger partial charge < -0.3 is 18.8 Å². The van der Waals surface area contributed by atoms with Crippen LogP contribution in [0.4, 0.5) is 0 Å². The van der Waals surface area contributed by atoms with Gasteiger partial charge in [0.05, 0.1) is 0 Å². The summed E-state index contributed by atoms with van der Waals surface area (Å²) in [5.74, 6) is 0. The Hall–Kier alpha value is 0.448. The summed E-state index contributed by atoms with van der Waals surface area (Å²) in [4.78, 5) is 10.9. The lowest BCUT2D eigenvalue weighted by atomic mass is 10.3. The van der Waals surface area contributed by atoms with Gasteiger partial charge in [0.25, 0.3) is 0 Å². The second kappa shape index (κ2) is 10.7. The summed E-state index contributed by atoms with van der Waals surface area (Å²) in [5, 5.41) is 0.500. The average Bonchev–Trinajstić information content (AvgIpc) is 2.60. The number of rotatable bonds is 10. The standard InChI is InChI=1S/C20H45NO3Si4/c1-15(2)14-28(13-11-12-21)23-26(19(8)18(7)25(22)16(3)4)20(9)27(10,24-28)17(5)6/h16-20,22H,1,11-14,21H2,2-10H3. The van der Waals surface area contributed by atoms with Crippen molar-refractivity contribution in [3.8, 4) is 0 Å². The van der Waals surface area contributed by atoms with Crippen LogP contribution in [0.1, 0.15) is 61.8 Å². The topological polar surface area (TPSA) is 64.7 Å². The number of nitrogens with two attached hydrogens (primary N) is 1. The van der Waals surface area contributed by atoms with E-state index in [1.807, 2.05) is 0 Å². The fourth-order valence-corrected chi connectivity index (χ4v) is 26.1. The van der Waals surface area contributed by atoms with E-state index in [1.54, 1.807) is 0 Å². The maximum absolute atomic E-state index is 10.9. The highest BCUT2D eigenvalue weighted by Crippen LogP contribution is 2.50. The number of hydrogen-bond acceptors (Lipinski definition) is 4. The first-order valence-electron chi connectivity index (χ1n) is 11.0. The molecule has 1 aliphatic rings. The lowest BCUT2D eigenvalue weighted by molar-refractivity contribution is 0.333. The number of allylic oxidation sites excluding steroid dienone is 1. The summed E-state index contributed by atoms with van der Waals surface area (Å²) >= 11 is 0. The average molecular weight is 460 g/mol. The van der Waals surface area contributed by atoms with Gasteiger partial charge in [-0.2, -0.15) is 0 Å². The van der Waals surface area contributed by atoms with Gasteiger partial charge >= 0.3 is 8.56 Å². The van der Waals surface area contributed by atoms with E-state index in [2.05, 4.69) is 68.5 Å². The first kappa shape index (κ1) is 26.5. The van der Waals surface area contributed by atoms with Gasteiger partial charge in [-0.15, -0.1) is 6.58 Å². The van der Waals surface area contributed by atoms with Gasteiger partial charge in [-0.1, -0.05) is 54.0 Å². The lowest BCUT2D eigenvalue weighted by Gasteiger charge is -2.54. The van der Waals surface area contributed by atoms with Crippen LogP contribution in [-0.2, 0) is 8.23 Å². The molecule has 0 amide bonds. The third-order valence-corrected chi connectivity index (χ3v) is 26.5. The van der Waals surface area contributed by atoms with Gasteiger partial charge in [-0.25, -0.2) is 0 Å². The highest BCUT2D eigenvalue weighted by molar-refractivity contribution is 6.98. The summed E-state index contributed by atoms with van der Waals surface area (Å²) in [5.41, 5.74) is 8.71. The zero-order chi connectivity index (χ0) is 21.9. The fourth-order valence-electron chi connectivity index (χ4n) is 4.32. The molecule has 164 valence electrons. The Kier molecular flexibility index (Phi) is 10.1. The van der Waals surface area contributed by atoms with Gasteiger partial charge in [0, 0.05) is 6.04 Å². The maximum atomic E-state index is 10.9. The summed E-state index contributed by atoms with van der Waals surface area (Å²) in [6, 6.07) is 1.85. The molecule has 28 heavy (non-hydrogen) atoms. The molecule has 1 saturated heterocycles. The molecule has 0 aromatic heterocycles. The van der Waals surface area contributed by atoms with Crippen LogP contribution in [0, 0.1) is 0 Å². The van der Waals surface area contributed by atoms with Crippen LogP contribution in [0.3, 0.4) is 0 Å². The van der Waals surface area contributed by atoms with Gasteiger partial charge in [-0.3, -0.25) is 0 Å². The van der Waals surface area contributed by atoms with Crippen molar-refractivity contribution in [2.45, 2.75) is 108 Å². The molecule has 1 rings (SSSR count). The van der Waals surface area contributed by atoms with E-state index in [1.165, 1.54) is 0 Å². The second-order valence-corrected chi connectivity index (χ2v) is 24.5. The smallest absolute Gasteiger partial charge is 0.321 e. The summed E-state index contributed by atoms with van der Waals surface area (Å²) in [6.07, 6.45) is 0.955. The lowest BCUT2D eigenvalue weighted by Crippen LogP contribution is -2.66. The van der Waals surface area contributed by atoms with Gasteiger partial charge in [0.15, 0.2) is 8.32 Å². The zero-order valence-electron chi connectivity index (χ0n) is 19.8. The van der Waals surface area contributed by atoms with Crippen molar-refractivity contribution in [1.82, 2.24) is 0 Å². The predicted octanol–water partition coefficient (Wildman–Crippen LogP) is 5.48. The SMILES string of the molecule is C=C(C)C[Si]1(CCCN)O[Si](C(C)C(C)[Si](O)C(C)C)C(C)[Si](C)(C(C)C)O1. The Balaban J connectivity index is 3.34. The molecule has 0 aromatic rings. The van der Waals surface area contributed by atoms with E-state index in [0.717, 1.165) is 24.1 Å². The molecule has 5 atom stereocenters. The minimum Gasteiger partial charge on any atom is -0.436 e. The second-order valence-electron chi connectivity index (χ2n) is 9.76. The molecule has 1 fully saturated rings. The molecule has 1 aliphatic heterocycles. The number of hydrogen-bond donors (Lipinski definition) is 2. The quantitative estimate of drug-likeness (QED) is 0.335. The summed E-state index contributed by atoms with van der Waals surface area (Å²) in [7, 11) is -6.88. The van der Waals surface area contributed by atoms with Crippen molar-refractivity contribution in [3.05, 3.63) is 12.2 Å². The van der Waals surface area contributed by atoms with E-state index < -0.39 is 35.0 Å². The minimum atomic E-state index is -2.38. The molecule has 5 unspecified atom stereocenters. The zero-order valence-corrected chi connectivity index (χ0v) is 23.8. The Labute approximate surface area is 180 Å². The molecule has 8 heteroatoms. The van der Waals surface area contributed by atoms with Gasteiger partial charge in [0.2, 0.25) is 18.1 Å². The summed E-state index contributed by atoms with van der Waals surface area (Å²) < 4.78 is 14.2. The van der Waals surface area contributed by atoms with Crippen molar-refractivity contribution in [3.63, 3.8) is 0 Å². The molecular formula is C20H45NO3Si4. The molecule has 0 bridgehead atoms. The fraction of sp³-hybridized carbons (Fsp3) is 0.900. The highest BCUT2D eigenvalue weighted by atomic mass is 28.5. The molecule has 0 saturated carbocycles. The molecule has 1 heterocycles. The largest absolute Gasteiger partial charge is 0.436 e. The Morgan fingerprint density at radius 3 is 2.25 bits per heavy atom. The van der Waals surface area contributed by atoms with Crippen LogP contribution < -0.4 is 5.73 Å². The Morgan fingerprint density at radius 1 is 1.25 bits per heavy atom. The summed E-state index contributed by atoms with van der Waals surface area (Å²) in [6.45, 7) is 25.3. The predicted molar refractivity (Wildman–Crippen MR) is 130 cm³/mol. The molecule has 0 spiro atoms. The van der Waals surface area contributed by atoms with E-state index in [-0.39, 0.29) is 0 Å². The van der Waals surface area contributed by atoms with Crippen LogP contribution >= 0.6 is 0 Å². The minimum absolute atomic E-state index is 0.330. The maximum Gasteiger partial charge on any atom is 0.321 e. The molecule has 3 N–H and O–H groups in total. The van der Waals surface area contributed by atoms with Crippen molar-refractivity contribution in [2.75, 3.05) is 6.54 Å². The van der Waals surface area contributed by atoms with Crippen molar-refractivity contribution in [2.24, 2.45) is 5.73 Å². The Bertz CT molecular complexity index is 522. The van der Waals surface area contributed by atoms with Crippen LogP contribution in [0.2, 0.25) is 46.0 Å². The third-order valence-electron chi connectivity index (χ3n) is 6.73. The third kappa shape index (κ3) is 6.00. The van der Waals surface area contributed by atoms with Gasteiger partial charge in [0.1, 0.15) is 0 Å². The Morgan fingerprint density at radius 2 is 1.82 bits per heavy atom. The highest BCUT2D eigenvalue weighted by Gasteiger charge is 2.59. The van der Waals surface area contributed by atoms with Crippen molar-refractivity contribution in [1.29, 1.82) is 0 Å². The van der Waals surface area contributed by atoms with Crippen LogP contribution in [0.15, 0.2) is 12.2 Å². The first-order valence-corrected chi connectivity index (χ1v) is 18.9. The van der Waals surface area contributed by atoms with E-state index in [9.17, 15) is 4.80 Å². The van der Waals surface area contributed by atoms with Crippen LogP contribution in [-0.4, -0.2) is 46.3 Å². The van der Waals surface area contributed by atoms with Gasteiger partial charge in [-0.05, 0) is 59.8 Å². The molecular weight excluding hydrogens is 415 g/mol. The molecule has 0 aromatic carbocycles. The van der Waals surface area contributed by atoms with E-state index in [4.69, 9.17) is 14.0 Å².